The maximum absolute atomic E-state index is 13.2. The average molecular weight is 421 g/mol. The Balaban J connectivity index is 1.44. The third-order valence-electron chi connectivity index (χ3n) is 6.02. The summed E-state index contributed by atoms with van der Waals surface area (Å²) < 4.78 is 1.81. The standard InChI is InChI=1S/C24H28N4O3/c1-16(2)21(26-22(29)17-8-4-3-5-9-17)23(30)27-14-12-18(13-15-27)28-20-11-7-6-10-19(20)25-24(28)31/h3-11,16,18,21H,12-15H2,1-2H3,(H,25,31)(H,26,29)/t21-/m0/s1. The van der Waals surface area contributed by atoms with Crippen molar-refractivity contribution in [3.8, 4) is 0 Å². The molecule has 3 aromatic rings. The summed E-state index contributed by atoms with van der Waals surface area (Å²) in [6, 6.07) is 16.1. The van der Waals surface area contributed by atoms with Crippen LogP contribution in [0.3, 0.4) is 0 Å². The Morgan fingerprint density at radius 2 is 1.65 bits per heavy atom. The summed E-state index contributed by atoms with van der Waals surface area (Å²) in [5.41, 5.74) is 2.15. The average Bonchev–Trinajstić information content (AvgIpc) is 3.13. The molecule has 2 amide bonds. The van der Waals surface area contributed by atoms with Crippen LogP contribution in [0.15, 0.2) is 59.4 Å². The molecule has 31 heavy (non-hydrogen) atoms. The van der Waals surface area contributed by atoms with Crippen LogP contribution in [0.4, 0.5) is 0 Å². The smallest absolute Gasteiger partial charge is 0.326 e. The highest BCUT2D eigenvalue weighted by Crippen LogP contribution is 2.25. The predicted octanol–water partition coefficient (Wildman–Crippen LogP) is 2.95. The Hall–Kier alpha value is -3.35. The number of aromatic nitrogens is 2. The lowest BCUT2D eigenvalue weighted by molar-refractivity contribution is -0.135. The van der Waals surface area contributed by atoms with Gasteiger partial charge < -0.3 is 15.2 Å². The molecule has 1 aliphatic heterocycles. The van der Waals surface area contributed by atoms with Crippen molar-refractivity contribution < 1.29 is 9.59 Å². The second kappa shape index (κ2) is 8.79. The van der Waals surface area contributed by atoms with Gasteiger partial charge in [-0.1, -0.05) is 44.2 Å². The van der Waals surface area contributed by atoms with Gasteiger partial charge in [0.25, 0.3) is 5.91 Å². The van der Waals surface area contributed by atoms with Crippen LogP contribution in [0.2, 0.25) is 0 Å². The van der Waals surface area contributed by atoms with Crippen molar-refractivity contribution in [2.75, 3.05) is 13.1 Å². The van der Waals surface area contributed by atoms with E-state index in [-0.39, 0.29) is 29.5 Å². The molecule has 0 radical (unpaired) electrons. The van der Waals surface area contributed by atoms with Crippen molar-refractivity contribution in [3.05, 3.63) is 70.6 Å². The number of aromatic amines is 1. The second-order valence-corrected chi connectivity index (χ2v) is 8.43. The first-order chi connectivity index (χ1) is 15.0. The molecule has 2 N–H and O–H groups in total. The minimum atomic E-state index is -0.583. The third kappa shape index (κ3) is 4.26. The van der Waals surface area contributed by atoms with E-state index < -0.39 is 6.04 Å². The number of rotatable bonds is 5. The Morgan fingerprint density at radius 3 is 2.32 bits per heavy atom. The van der Waals surface area contributed by atoms with Crippen LogP contribution in [0.5, 0.6) is 0 Å². The van der Waals surface area contributed by atoms with Crippen LogP contribution in [0.25, 0.3) is 11.0 Å². The minimum Gasteiger partial charge on any atom is -0.341 e. The van der Waals surface area contributed by atoms with Crippen LogP contribution in [-0.4, -0.2) is 45.4 Å². The number of fused-ring (bicyclic) bond motifs is 1. The largest absolute Gasteiger partial charge is 0.341 e. The molecule has 4 rings (SSSR count). The lowest BCUT2D eigenvalue weighted by atomic mass is 9.99. The molecule has 2 aromatic carbocycles. The highest BCUT2D eigenvalue weighted by Gasteiger charge is 2.32. The maximum Gasteiger partial charge on any atom is 0.326 e. The van der Waals surface area contributed by atoms with Crippen molar-refractivity contribution in [1.82, 2.24) is 19.8 Å². The number of H-pyrrole nitrogens is 1. The molecular formula is C24H28N4O3. The summed E-state index contributed by atoms with van der Waals surface area (Å²) in [7, 11) is 0. The third-order valence-corrected chi connectivity index (χ3v) is 6.02. The fourth-order valence-electron chi connectivity index (χ4n) is 4.31. The number of piperidine rings is 1. The number of para-hydroxylation sites is 2. The van der Waals surface area contributed by atoms with Gasteiger partial charge >= 0.3 is 5.69 Å². The molecule has 1 aliphatic rings. The van der Waals surface area contributed by atoms with E-state index in [4.69, 9.17) is 0 Å². The highest BCUT2D eigenvalue weighted by atomic mass is 16.2. The Kier molecular flexibility index (Phi) is 5.93. The molecule has 7 heteroatoms. The zero-order valence-electron chi connectivity index (χ0n) is 17.9. The SMILES string of the molecule is CC(C)[C@H](NC(=O)c1ccccc1)C(=O)N1CCC(n2c(=O)[nH]c3ccccc32)CC1. The van der Waals surface area contributed by atoms with Gasteiger partial charge in [-0.05, 0) is 43.0 Å². The second-order valence-electron chi connectivity index (χ2n) is 8.43. The molecule has 1 fully saturated rings. The molecule has 2 heterocycles. The summed E-state index contributed by atoms with van der Waals surface area (Å²) in [6.45, 7) is 4.98. The Labute approximate surface area is 181 Å². The van der Waals surface area contributed by atoms with Crippen molar-refractivity contribution in [3.63, 3.8) is 0 Å². The number of benzene rings is 2. The van der Waals surface area contributed by atoms with Gasteiger partial charge in [-0.15, -0.1) is 0 Å². The van der Waals surface area contributed by atoms with Gasteiger partial charge in [0.1, 0.15) is 6.04 Å². The first-order valence-electron chi connectivity index (χ1n) is 10.8. The molecule has 0 unspecified atom stereocenters. The number of carbonyl (C=O) groups excluding carboxylic acids is 2. The van der Waals surface area contributed by atoms with E-state index in [0.717, 1.165) is 11.0 Å². The lowest BCUT2D eigenvalue weighted by Gasteiger charge is -2.35. The van der Waals surface area contributed by atoms with Crippen LogP contribution in [0, 0.1) is 5.92 Å². The molecule has 0 spiro atoms. The molecule has 1 saturated heterocycles. The topological polar surface area (TPSA) is 87.2 Å². The molecule has 1 aromatic heterocycles. The number of hydrogen-bond donors (Lipinski definition) is 2. The van der Waals surface area contributed by atoms with Crippen LogP contribution >= 0.6 is 0 Å². The normalized spacial score (nSPS) is 15.9. The monoisotopic (exact) mass is 420 g/mol. The van der Waals surface area contributed by atoms with Gasteiger partial charge in [0.2, 0.25) is 5.91 Å². The number of carbonyl (C=O) groups is 2. The molecule has 0 bridgehead atoms. The zero-order valence-corrected chi connectivity index (χ0v) is 17.9. The van der Waals surface area contributed by atoms with Gasteiger partial charge in [-0.3, -0.25) is 14.2 Å². The molecule has 0 aliphatic carbocycles. The quantitative estimate of drug-likeness (QED) is 0.665. The first-order valence-corrected chi connectivity index (χ1v) is 10.8. The summed E-state index contributed by atoms with van der Waals surface area (Å²) in [5, 5.41) is 2.91. The van der Waals surface area contributed by atoms with Crippen LogP contribution < -0.4 is 11.0 Å². The highest BCUT2D eigenvalue weighted by molar-refractivity contribution is 5.97. The van der Waals surface area contributed by atoms with E-state index in [2.05, 4.69) is 10.3 Å². The van der Waals surface area contributed by atoms with E-state index in [1.807, 2.05) is 53.6 Å². The molecule has 7 nitrogen and oxygen atoms in total. The number of amides is 2. The van der Waals surface area contributed by atoms with E-state index in [1.165, 1.54) is 0 Å². The Morgan fingerprint density at radius 1 is 1.00 bits per heavy atom. The molecule has 1 atom stereocenters. The summed E-state index contributed by atoms with van der Waals surface area (Å²) in [5.74, 6) is -0.342. The number of likely N-dealkylation sites (tertiary alicyclic amines) is 1. The predicted molar refractivity (Wildman–Crippen MR) is 120 cm³/mol. The van der Waals surface area contributed by atoms with Crippen molar-refractivity contribution >= 4 is 22.8 Å². The number of imidazole rings is 1. The van der Waals surface area contributed by atoms with Gasteiger partial charge in [-0.25, -0.2) is 4.79 Å². The van der Waals surface area contributed by atoms with Crippen molar-refractivity contribution in [1.29, 1.82) is 0 Å². The van der Waals surface area contributed by atoms with Gasteiger partial charge in [-0.2, -0.15) is 0 Å². The van der Waals surface area contributed by atoms with Gasteiger partial charge in [0, 0.05) is 24.7 Å². The van der Waals surface area contributed by atoms with Gasteiger partial charge in [0.05, 0.1) is 11.0 Å². The number of nitrogens with zero attached hydrogens (tertiary/aromatic N) is 2. The van der Waals surface area contributed by atoms with E-state index in [1.54, 1.807) is 24.3 Å². The zero-order chi connectivity index (χ0) is 22.0. The minimum absolute atomic E-state index is 0.0332. The summed E-state index contributed by atoms with van der Waals surface area (Å²) >= 11 is 0. The number of hydrogen-bond acceptors (Lipinski definition) is 3. The van der Waals surface area contributed by atoms with Gasteiger partial charge in [0.15, 0.2) is 0 Å². The van der Waals surface area contributed by atoms with Crippen molar-refractivity contribution in [2.24, 2.45) is 5.92 Å². The van der Waals surface area contributed by atoms with Crippen LogP contribution in [-0.2, 0) is 4.79 Å². The van der Waals surface area contributed by atoms with E-state index >= 15 is 0 Å². The van der Waals surface area contributed by atoms with Crippen molar-refractivity contribution in [2.45, 2.75) is 38.8 Å². The maximum atomic E-state index is 13.2. The number of nitrogens with one attached hydrogen (secondary N) is 2. The summed E-state index contributed by atoms with van der Waals surface area (Å²) in [6.07, 6.45) is 1.40. The fourth-order valence-corrected chi connectivity index (χ4v) is 4.31. The first kappa shape index (κ1) is 20.9. The molecule has 0 saturated carbocycles. The lowest BCUT2D eigenvalue weighted by Crippen LogP contribution is -2.53. The van der Waals surface area contributed by atoms with E-state index in [9.17, 15) is 14.4 Å². The van der Waals surface area contributed by atoms with Crippen LogP contribution in [0.1, 0.15) is 43.1 Å². The Bertz CT molecular complexity index is 1120. The van der Waals surface area contributed by atoms with E-state index in [0.29, 0.717) is 31.5 Å². The molecular weight excluding hydrogens is 392 g/mol. The summed E-state index contributed by atoms with van der Waals surface area (Å²) in [4.78, 5) is 43.0. The fraction of sp³-hybridized carbons (Fsp3) is 0.375. The molecule has 162 valence electrons.